The summed E-state index contributed by atoms with van der Waals surface area (Å²) in [7, 11) is 0. The minimum absolute atomic E-state index is 0.131. The maximum Gasteiger partial charge on any atom is 0.332 e. The fourth-order valence-corrected chi connectivity index (χ4v) is 3.59. The maximum atomic E-state index is 12.8. The van der Waals surface area contributed by atoms with Crippen molar-refractivity contribution in [1.29, 1.82) is 0 Å². The number of furan rings is 1. The summed E-state index contributed by atoms with van der Waals surface area (Å²) in [5.41, 5.74) is 10.9. The fraction of sp³-hybridized carbons (Fsp3) is 0.350. The molecule has 3 amide bonds. The van der Waals surface area contributed by atoms with Gasteiger partial charge in [-0.25, -0.2) is 10.2 Å². The third-order valence-electron chi connectivity index (χ3n) is 4.73. The van der Waals surface area contributed by atoms with Crippen molar-refractivity contribution in [2.75, 3.05) is 5.32 Å². The predicted octanol–water partition coefficient (Wildman–Crippen LogP) is 4.15. The standard InChI is InChI=1S/C20H23ClN4O3/c1-10-5-6-12(7-13(10)21)23-18(26)17-11(2)16-14(24-25-19(22)27)8-20(3,4)9-15(16)28-17/h5-7H,8-9H2,1-4H3,(H,23,26)(H3,22,25,27)/b24-14-. The minimum Gasteiger partial charge on any atom is -0.455 e. The number of urea groups is 1. The molecule has 1 aliphatic carbocycles. The summed E-state index contributed by atoms with van der Waals surface area (Å²) in [6, 6.07) is 4.57. The third kappa shape index (κ3) is 4.04. The number of rotatable bonds is 3. The largest absolute Gasteiger partial charge is 0.455 e. The lowest BCUT2D eigenvalue weighted by Crippen LogP contribution is -2.31. The number of primary amides is 1. The number of benzene rings is 1. The lowest BCUT2D eigenvalue weighted by atomic mass is 9.75. The SMILES string of the molecule is Cc1ccc(NC(=O)c2oc3c(c2C)/C(=N\NC(N)=O)CC(C)(C)C3)cc1Cl. The lowest BCUT2D eigenvalue weighted by Gasteiger charge is -2.29. The normalized spacial score (nSPS) is 16.5. The number of fused-ring (bicyclic) bond motifs is 1. The quantitative estimate of drug-likeness (QED) is 0.670. The summed E-state index contributed by atoms with van der Waals surface area (Å²) in [4.78, 5) is 23.9. The van der Waals surface area contributed by atoms with Gasteiger partial charge in [-0.1, -0.05) is 31.5 Å². The van der Waals surface area contributed by atoms with Gasteiger partial charge < -0.3 is 15.5 Å². The van der Waals surface area contributed by atoms with Crippen LogP contribution in [0.15, 0.2) is 27.7 Å². The van der Waals surface area contributed by atoms with Gasteiger partial charge in [0.2, 0.25) is 0 Å². The van der Waals surface area contributed by atoms with E-state index in [1.54, 1.807) is 19.1 Å². The number of nitrogens with zero attached hydrogens (tertiary/aromatic N) is 1. The first-order valence-electron chi connectivity index (χ1n) is 8.89. The molecular formula is C20H23ClN4O3. The average molecular weight is 403 g/mol. The zero-order chi connectivity index (χ0) is 20.6. The molecule has 1 aliphatic rings. The van der Waals surface area contributed by atoms with Gasteiger partial charge in [0.1, 0.15) is 5.76 Å². The number of hydrogen-bond acceptors (Lipinski definition) is 4. The molecule has 0 fully saturated rings. The van der Waals surface area contributed by atoms with E-state index in [4.69, 9.17) is 21.8 Å². The topological polar surface area (TPSA) is 110 Å². The molecular weight excluding hydrogens is 380 g/mol. The first-order chi connectivity index (χ1) is 13.1. The number of amides is 3. The molecule has 148 valence electrons. The van der Waals surface area contributed by atoms with E-state index in [1.807, 2.05) is 13.0 Å². The van der Waals surface area contributed by atoms with Crippen molar-refractivity contribution in [2.45, 2.75) is 40.5 Å². The molecule has 8 heteroatoms. The van der Waals surface area contributed by atoms with E-state index in [1.165, 1.54) is 0 Å². The van der Waals surface area contributed by atoms with Gasteiger partial charge in [0.15, 0.2) is 5.76 Å². The van der Waals surface area contributed by atoms with Gasteiger partial charge in [-0.3, -0.25) is 4.79 Å². The summed E-state index contributed by atoms with van der Waals surface area (Å²) in [6.45, 7) is 7.84. The molecule has 0 saturated carbocycles. The van der Waals surface area contributed by atoms with Crippen molar-refractivity contribution in [3.8, 4) is 0 Å². The van der Waals surface area contributed by atoms with E-state index < -0.39 is 6.03 Å². The van der Waals surface area contributed by atoms with Crippen LogP contribution in [0.1, 0.15) is 53.3 Å². The third-order valence-corrected chi connectivity index (χ3v) is 5.14. The Morgan fingerprint density at radius 2 is 1.96 bits per heavy atom. The van der Waals surface area contributed by atoms with Crippen molar-refractivity contribution < 1.29 is 14.0 Å². The highest BCUT2D eigenvalue weighted by molar-refractivity contribution is 6.31. The van der Waals surface area contributed by atoms with Crippen LogP contribution in [0.3, 0.4) is 0 Å². The molecule has 3 rings (SSSR count). The van der Waals surface area contributed by atoms with E-state index in [9.17, 15) is 9.59 Å². The molecule has 4 N–H and O–H groups in total. The molecule has 28 heavy (non-hydrogen) atoms. The monoisotopic (exact) mass is 402 g/mol. The number of anilines is 1. The number of hydrazone groups is 1. The average Bonchev–Trinajstić information content (AvgIpc) is 2.91. The number of hydrogen-bond donors (Lipinski definition) is 3. The molecule has 0 bridgehead atoms. The number of nitrogens with one attached hydrogen (secondary N) is 2. The summed E-state index contributed by atoms with van der Waals surface area (Å²) in [6.07, 6.45) is 1.28. The Morgan fingerprint density at radius 3 is 2.61 bits per heavy atom. The molecule has 1 aromatic heterocycles. The molecule has 0 unspecified atom stereocenters. The Morgan fingerprint density at radius 1 is 1.25 bits per heavy atom. The maximum absolute atomic E-state index is 12.8. The Kier molecular flexibility index (Phi) is 5.21. The summed E-state index contributed by atoms with van der Waals surface area (Å²) < 4.78 is 5.93. The second-order valence-electron chi connectivity index (χ2n) is 7.82. The van der Waals surface area contributed by atoms with Gasteiger partial charge >= 0.3 is 6.03 Å². The van der Waals surface area contributed by atoms with Crippen LogP contribution in [0.25, 0.3) is 0 Å². The summed E-state index contributed by atoms with van der Waals surface area (Å²) in [5.74, 6) is 0.517. The van der Waals surface area contributed by atoms with Gasteiger partial charge in [0, 0.05) is 28.3 Å². The summed E-state index contributed by atoms with van der Waals surface area (Å²) >= 11 is 6.13. The molecule has 1 aromatic carbocycles. The number of aryl methyl sites for hydroxylation is 1. The minimum atomic E-state index is -0.743. The van der Waals surface area contributed by atoms with Gasteiger partial charge in [-0.05, 0) is 43.4 Å². The number of nitrogens with two attached hydrogens (primary N) is 1. The Bertz CT molecular complexity index is 992. The van der Waals surface area contributed by atoms with Gasteiger partial charge in [-0.15, -0.1) is 0 Å². The van der Waals surface area contributed by atoms with E-state index in [0.717, 1.165) is 11.1 Å². The lowest BCUT2D eigenvalue weighted by molar-refractivity contribution is 0.0993. The van der Waals surface area contributed by atoms with Crippen molar-refractivity contribution in [3.05, 3.63) is 51.4 Å². The number of carbonyl (C=O) groups is 2. The molecule has 0 atom stereocenters. The summed E-state index contributed by atoms with van der Waals surface area (Å²) in [5, 5.41) is 7.53. The number of carbonyl (C=O) groups excluding carboxylic acids is 2. The van der Waals surface area contributed by atoms with Crippen LogP contribution in [0.5, 0.6) is 0 Å². The highest BCUT2D eigenvalue weighted by Gasteiger charge is 2.36. The Hall–Kier alpha value is -2.80. The Balaban J connectivity index is 1.96. The second-order valence-corrected chi connectivity index (χ2v) is 8.23. The van der Waals surface area contributed by atoms with E-state index in [0.29, 0.717) is 40.6 Å². The zero-order valence-corrected chi connectivity index (χ0v) is 17.0. The van der Waals surface area contributed by atoms with Gasteiger partial charge in [-0.2, -0.15) is 5.10 Å². The van der Waals surface area contributed by atoms with Crippen LogP contribution < -0.4 is 16.5 Å². The Labute approximate surface area is 168 Å². The van der Waals surface area contributed by atoms with E-state index in [-0.39, 0.29) is 17.1 Å². The van der Waals surface area contributed by atoms with Gasteiger partial charge in [0.05, 0.1) is 5.71 Å². The predicted molar refractivity (Wildman–Crippen MR) is 109 cm³/mol. The van der Waals surface area contributed by atoms with Crippen LogP contribution in [-0.2, 0) is 6.42 Å². The number of halogens is 1. The van der Waals surface area contributed by atoms with Crippen molar-refractivity contribution in [1.82, 2.24) is 5.43 Å². The van der Waals surface area contributed by atoms with Crippen molar-refractivity contribution in [3.63, 3.8) is 0 Å². The van der Waals surface area contributed by atoms with E-state index in [2.05, 4.69) is 29.7 Å². The van der Waals surface area contributed by atoms with Crippen LogP contribution in [0.2, 0.25) is 5.02 Å². The molecule has 0 aliphatic heterocycles. The smallest absolute Gasteiger partial charge is 0.332 e. The fourth-order valence-electron chi connectivity index (χ4n) is 3.41. The molecule has 0 spiro atoms. The molecule has 0 radical (unpaired) electrons. The molecule has 7 nitrogen and oxygen atoms in total. The molecule has 2 aromatic rings. The second kappa shape index (κ2) is 7.31. The first kappa shape index (κ1) is 19.9. The molecule has 1 heterocycles. The van der Waals surface area contributed by atoms with Gasteiger partial charge in [0.25, 0.3) is 5.91 Å². The zero-order valence-electron chi connectivity index (χ0n) is 16.3. The van der Waals surface area contributed by atoms with Crippen molar-refractivity contribution in [2.24, 2.45) is 16.3 Å². The highest BCUT2D eigenvalue weighted by Crippen LogP contribution is 2.39. The van der Waals surface area contributed by atoms with Crippen LogP contribution in [0, 0.1) is 19.3 Å². The van der Waals surface area contributed by atoms with Crippen LogP contribution in [0.4, 0.5) is 10.5 Å². The molecule has 0 saturated heterocycles. The first-order valence-corrected chi connectivity index (χ1v) is 9.27. The van der Waals surface area contributed by atoms with Crippen LogP contribution in [-0.4, -0.2) is 17.6 Å². The van der Waals surface area contributed by atoms with E-state index >= 15 is 0 Å². The highest BCUT2D eigenvalue weighted by atomic mass is 35.5. The van der Waals surface area contributed by atoms with Crippen molar-refractivity contribution >= 4 is 34.9 Å². The van der Waals surface area contributed by atoms with Crippen LogP contribution >= 0.6 is 11.6 Å².